The predicted octanol–water partition coefficient (Wildman–Crippen LogP) is 2.32. The van der Waals surface area contributed by atoms with E-state index in [1.165, 1.54) is 0 Å². The lowest BCUT2D eigenvalue weighted by atomic mass is 9.88. The van der Waals surface area contributed by atoms with Crippen LogP contribution in [0.5, 0.6) is 0 Å². The molecule has 6 heteroatoms. The summed E-state index contributed by atoms with van der Waals surface area (Å²) in [4.78, 5) is 36.0. The van der Waals surface area contributed by atoms with E-state index in [4.69, 9.17) is 0 Å². The second-order valence-electron chi connectivity index (χ2n) is 6.56. The Labute approximate surface area is 140 Å². The summed E-state index contributed by atoms with van der Waals surface area (Å²) in [5, 5.41) is 12.1. The highest BCUT2D eigenvalue weighted by Crippen LogP contribution is 2.27. The zero-order chi connectivity index (χ0) is 17.1. The Morgan fingerprint density at radius 3 is 2.88 bits per heavy atom. The van der Waals surface area contributed by atoms with E-state index in [1.807, 2.05) is 0 Å². The second kappa shape index (κ2) is 7.03. The molecule has 1 aliphatic heterocycles. The maximum atomic E-state index is 12.6. The molecule has 0 radical (unpaired) electrons. The van der Waals surface area contributed by atoms with Crippen LogP contribution in [0.3, 0.4) is 0 Å². The van der Waals surface area contributed by atoms with Crippen molar-refractivity contribution in [2.75, 3.05) is 0 Å². The molecule has 0 fully saturated rings. The number of carboxylic acid groups (broad SMARTS) is 1. The molecule has 6 nitrogen and oxygen atoms in total. The largest absolute Gasteiger partial charge is 0.480 e. The summed E-state index contributed by atoms with van der Waals surface area (Å²) in [6.07, 6.45) is 9.83. The number of hydrogen-bond donors (Lipinski definition) is 2. The van der Waals surface area contributed by atoms with Gasteiger partial charge in [0.15, 0.2) is 5.78 Å². The highest BCUT2D eigenvalue weighted by molar-refractivity contribution is 5.97. The van der Waals surface area contributed by atoms with Crippen molar-refractivity contribution >= 4 is 17.7 Å². The van der Waals surface area contributed by atoms with Gasteiger partial charge in [-0.25, -0.2) is 4.79 Å². The highest BCUT2D eigenvalue weighted by Gasteiger charge is 2.32. The molecule has 2 heterocycles. The van der Waals surface area contributed by atoms with E-state index in [-0.39, 0.29) is 17.6 Å². The zero-order valence-electron chi connectivity index (χ0n) is 13.5. The number of fused-ring (bicyclic) bond motifs is 1. The number of aliphatic carboxylic acids is 1. The molecule has 24 heavy (non-hydrogen) atoms. The topological polar surface area (TPSA) is 88.4 Å². The van der Waals surface area contributed by atoms with Gasteiger partial charge >= 0.3 is 5.97 Å². The van der Waals surface area contributed by atoms with E-state index < -0.39 is 18.1 Å². The first-order chi connectivity index (χ1) is 11.6. The molecule has 0 aromatic carbocycles. The van der Waals surface area contributed by atoms with Crippen molar-refractivity contribution in [1.82, 2.24) is 9.88 Å². The van der Waals surface area contributed by atoms with Gasteiger partial charge in [-0.2, -0.15) is 0 Å². The molecule has 2 aliphatic rings. The van der Waals surface area contributed by atoms with Gasteiger partial charge in [-0.3, -0.25) is 9.59 Å². The smallest absolute Gasteiger partial charge is 0.326 e. The fourth-order valence-electron chi connectivity index (χ4n) is 3.59. The standard InChI is InChI=1S/C18H22N2O4/c21-16-9-8-15(20-10-4-7-14(16)20)17(22)19-13(18(23)24)11-12-5-2-1-3-6-12/h1-2,4,7,10,12-13,15H,3,5-6,8-9,11H2,(H,19,22)(H,23,24). The number of ketones is 1. The van der Waals surface area contributed by atoms with E-state index in [9.17, 15) is 19.5 Å². The fraction of sp³-hybridized carbons (Fsp3) is 0.500. The molecule has 128 valence electrons. The Hall–Kier alpha value is -2.37. The lowest BCUT2D eigenvalue weighted by Crippen LogP contribution is -2.46. The van der Waals surface area contributed by atoms with Crippen LogP contribution in [0.4, 0.5) is 0 Å². The number of amides is 1. The van der Waals surface area contributed by atoms with Gasteiger partial charge in [0.2, 0.25) is 5.91 Å². The van der Waals surface area contributed by atoms with E-state index in [0.717, 1.165) is 19.3 Å². The molecule has 3 atom stereocenters. The number of Topliss-reactive ketones (excluding diaryl/α,β-unsaturated/α-hetero) is 1. The molecule has 0 spiro atoms. The monoisotopic (exact) mass is 330 g/mol. The number of carbonyl (C=O) groups is 3. The van der Waals surface area contributed by atoms with Crippen LogP contribution in [0.15, 0.2) is 30.5 Å². The summed E-state index contributed by atoms with van der Waals surface area (Å²) >= 11 is 0. The number of hydrogen-bond acceptors (Lipinski definition) is 3. The van der Waals surface area contributed by atoms with Crippen molar-refractivity contribution in [2.45, 2.75) is 50.6 Å². The van der Waals surface area contributed by atoms with Crippen LogP contribution < -0.4 is 5.32 Å². The fourth-order valence-corrected chi connectivity index (χ4v) is 3.59. The van der Waals surface area contributed by atoms with Crippen molar-refractivity contribution in [1.29, 1.82) is 0 Å². The van der Waals surface area contributed by atoms with Crippen molar-refractivity contribution in [2.24, 2.45) is 5.92 Å². The van der Waals surface area contributed by atoms with Crippen LogP contribution >= 0.6 is 0 Å². The number of allylic oxidation sites excluding steroid dienone is 2. The molecule has 0 saturated heterocycles. The third-order valence-electron chi connectivity index (χ3n) is 4.91. The van der Waals surface area contributed by atoms with Gasteiger partial charge in [0.05, 0.1) is 5.69 Å². The molecular formula is C18H22N2O4. The lowest BCUT2D eigenvalue weighted by Gasteiger charge is -2.27. The Morgan fingerprint density at radius 1 is 1.33 bits per heavy atom. The number of carbonyl (C=O) groups excluding carboxylic acids is 2. The molecule has 1 aromatic heterocycles. The highest BCUT2D eigenvalue weighted by atomic mass is 16.4. The quantitative estimate of drug-likeness (QED) is 0.811. The van der Waals surface area contributed by atoms with Crippen molar-refractivity contribution < 1.29 is 19.5 Å². The SMILES string of the molecule is O=C1CCC(C(=O)NC(CC2CC=CCC2)C(=O)O)n2cccc21. The molecule has 3 unspecified atom stereocenters. The number of aromatic nitrogens is 1. The van der Waals surface area contributed by atoms with Gasteiger partial charge in [0.25, 0.3) is 0 Å². The summed E-state index contributed by atoms with van der Waals surface area (Å²) in [7, 11) is 0. The van der Waals surface area contributed by atoms with Crippen LogP contribution in [0.1, 0.15) is 55.1 Å². The van der Waals surface area contributed by atoms with Crippen molar-refractivity contribution in [3.8, 4) is 0 Å². The van der Waals surface area contributed by atoms with Gasteiger partial charge in [0.1, 0.15) is 12.1 Å². The molecule has 1 aromatic rings. The van der Waals surface area contributed by atoms with E-state index >= 15 is 0 Å². The average molecular weight is 330 g/mol. The normalized spacial score (nSPS) is 24.2. The molecule has 0 saturated carbocycles. The first-order valence-electron chi connectivity index (χ1n) is 8.44. The molecule has 1 aliphatic carbocycles. The number of nitrogens with zero attached hydrogens (tertiary/aromatic N) is 1. The molecular weight excluding hydrogens is 308 g/mol. The maximum Gasteiger partial charge on any atom is 0.326 e. The molecule has 3 rings (SSSR count). The van der Waals surface area contributed by atoms with E-state index in [2.05, 4.69) is 17.5 Å². The first kappa shape index (κ1) is 16.5. The molecule has 1 amide bonds. The van der Waals surface area contributed by atoms with Crippen LogP contribution in [-0.2, 0) is 9.59 Å². The van der Waals surface area contributed by atoms with Crippen molar-refractivity contribution in [3.05, 3.63) is 36.2 Å². The predicted molar refractivity (Wildman–Crippen MR) is 87.7 cm³/mol. The van der Waals surface area contributed by atoms with Crippen LogP contribution in [0.25, 0.3) is 0 Å². The van der Waals surface area contributed by atoms with E-state index in [0.29, 0.717) is 25.0 Å². The summed E-state index contributed by atoms with van der Waals surface area (Å²) in [5.41, 5.74) is 0.519. The number of nitrogens with one attached hydrogen (secondary N) is 1. The van der Waals surface area contributed by atoms with Crippen LogP contribution in [-0.4, -0.2) is 33.4 Å². The van der Waals surface area contributed by atoms with Crippen molar-refractivity contribution in [3.63, 3.8) is 0 Å². The van der Waals surface area contributed by atoms with Gasteiger partial charge in [0, 0.05) is 12.6 Å². The Morgan fingerprint density at radius 2 is 2.17 bits per heavy atom. The lowest BCUT2D eigenvalue weighted by molar-refractivity contribution is -0.143. The first-order valence-corrected chi connectivity index (χ1v) is 8.44. The zero-order valence-corrected chi connectivity index (χ0v) is 13.5. The minimum Gasteiger partial charge on any atom is -0.480 e. The summed E-state index contributed by atoms with van der Waals surface area (Å²) in [6, 6.07) is 2.04. The average Bonchev–Trinajstić information content (AvgIpc) is 3.06. The Balaban J connectivity index is 1.68. The van der Waals surface area contributed by atoms with Gasteiger partial charge in [-0.15, -0.1) is 0 Å². The number of carboxylic acids is 1. The van der Waals surface area contributed by atoms with E-state index in [1.54, 1.807) is 22.9 Å². The van der Waals surface area contributed by atoms with Gasteiger partial charge in [-0.1, -0.05) is 12.2 Å². The second-order valence-corrected chi connectivity index (χ2v) is 6.56. The van der Waals surface area contributed by atoms with Gasteiger partial charge < -0.3 is 15.0 Å². The molecule has 2 N–H and O–H groups in total. The summed E-state index contributed by atoms with van der Waals surface area (Å²) < 4.78 is 1.66. The third-order valence-corrected chi connectivity index (χ3v) is 4.91. The van der Waals surface area contributed by atoms with Gasteiger partial charge in [-0.05, 0) is 50.2 Å². The minimum absolute atomic E-state index is 0.0211. The number of rotatable bonds is 5. The molecule has 0 bridgehead atoms. The summed E-state index contributed by atoms with van der Waals surface area (Å²) in [5.74, 6) is -1.02. The Bertz CT molecular complexity index is 676. The third kappa shape index (κ3) is 3.42. The Kier molecular flexibility index (Phi) is 4.83. The minimum atomic E-state index is -1.00. The summed E-state index contributed by atoms with van der Waals surface area (Å²) in [6.45, 7) is 0. The van der Waals surface area contributed by atoms with Crippen LogP contribution in [0.2, 0.25) is 0 Å². The maximum absolute atomic E-state index is 12.6. The van der Waals surface area contributed by atoms with Crippen LogP contribution in [0, 0.1) is 5.92 Å².